The van der Waals surface area contributed by atoms with Crippen molar-refractivity contribution in [3.63, 3.8) is 0 Å². The monoisotopic (exact) mass is 248 g/mol. The van der Waals surface area contributed by atoms with Crippen LogP contribution < -0.4 is 0 Å². The fraction of sp³-hybridized carbons (Fsp3) is 0.692. The standard InChI is InChI=1S/C13H20N4O/c18-13(12-1-2-12)17-9-7-15(8-10-17)5-6-16-4-3-14-11-16/h3-4,11-12H,1-2,5-10H2. The largest absolute Gasteiger partial charge is 0.340 e. The van der Waals surface area contributed by atoms with Gasteiger partial charge in [0.2, 0.25) is 5.91 Å². The summed E-state index contributed by atoms with van der Waals surface area (Å²) in [6.07, 6.45) is 7.88. The van der Waals surface area contributed by atoms with Crippen molar-refractivity contribution in [2.45, 2.75) is 19.4 Å². The zero-order chi connectivity index (χ0) is 12.4. The first-order valence-corrected chi connectivity index (χ1v) is 6.80. The van der Waals surface area contributed by atoms with Crippen LogP contribution in [-0.4, -0.2) is 58.0 Å². The van der Waals surface area contributed by atoms with Gasteiger partial charge in [0.05, 0.1) is 6.33 Å². The maximum absolute atomic E-state index is 11.9. The van der Waals surface area contributed by atoms with Crippen LogP contribution in [0.3, 0.4) is 0 Å². The minimum absolute atomic E-state index is 0.363. The fourth-order valence-electron chi connectivity index (χ4n) is 2.46. The van der Waals surface area contributed by atoms with Gasteiger partial charge in [0, 0.05) is 57.6 Å². The number of imidazole rings is 1. The quantitative estimate of drug-likeness (QED) is 0.776. The van der Waals surface area contributed by atoms with Crippen molar-refractivity contribution < 1.29 is 4.79 Å². The molecule has 2 aliphatic rings. The van der Waals surface area contributed by atoms with E-state index in [0.29, 0.717) is 11.8 Å². The van der Waals surface area contributed by atoms with Gasteiger partial charge >= 0.3 is 0 Å². The highest BCUT2D eigenvalue weighted by Crippen LogP contribution is 2.31. The van der Waals surface area contributed by atoms with Crippen molar-refractivity contribution in [1.29, 1.82) is 0 Å². The first-order valence-electron chi connectivity index (χ1n) is 6.80. The maximum Gasteiger partial charge on any atom is 0.225 e. The van der Waals surface area contributed by atoms with Crippen LogP contribution in [0.1, 0.15) is 12.8 Å². The van der Waals surface area contributed by atoms with E-state index in [2.05, 4.69) is 14.5 Å². The van der Waals surface area contributed by atoms with E-state index in [-0.39, 0.29) is 0 Å². The van der Waals surface area contributed by atoms with Gasteiger partial charge in [-0.25, -0.2) is 4.98 Å². The van der Waals surface area contributed by atoms with Gasteiger partial charge in [0.15, 0.2) is 0 Å². The molecule has 1 aromatic heterocycles. The van der Waals surface area contributed by atoms with E-state index in [9.17, 15) is 4.79 Å². The molecule has 1 aliphatic heterocycles. The zero-order valence-corrected chi connectivity index (χ0v) is 10.7. The number of carbonyl (C=O) groups is 1. The van der Waals surface area contributed by atoms with Crippen LogP contribution in [0.15, 0.2) is 18.7 Å². The third-order valence-electron chi connectivity index (χ3n) is 3.84. The molecule has 0 N–H and O–H groups in total. The van der Waals surface area contributed by atoms with Crippen molar-refractivity contribution in [3.05, 3.63) is 18.7 Å². The lowest BCUT2D eigenvalue weighted by molar-refractivity contribution is -0.134. The molecule has 0 bridgehead atoms. The molecule has 2 fully saturated rings. The van der Waals surface area contributed by atoms with Crippen LogP contribution in [0.2, 0.25) is 0 Å². The molecule has 0 atom stereocenters. The molecule has 0 radical (unpaired) electrons. The molecule has 98 valence electrons. The summed E-state index contributed by atoms with van der Waals surface area (Å²) in [6, 6.07) is 0. The number of amides is 1. The van der Waals surface area contributed by atoms with Gasteiger partial charge in [0.1, 0.15) is 0 Å². The minimum Gasteiger partial charge on any atom is -0.340 e. The van der Waals surface area contributed by atoms with E-state index in [1.807, 2.05) is 23.6 Å². The van der Waals surface area contributed by atoms with Crippen LogP contribution in [0.5, 0.6) is 0 Å². The number of nitrogens with zero attached hydrogens (tertiary/aromatic N) is 4. The van der Waals surface area contributed by atoms with Gasteiger partial charge in [-0.15, -0.1) is 0 Å². The summed E-state index contributed by atoms with van der Waals surface area (Å²) >= 11 is 0. The summed E-state index contributed by atoms with van der Waals surface area (Å²) in [5.41, 5.74) is 0. The van der Waals surface area contributed by atoms with E-state index in [1.165, 1.54) is 0 Å². The van der Waals surface area contributed by atoms with Crippen molar-refractivity contribution in [1.82, 2.24) is 19.4 Å². The Morgan fingerprint density at radius 2 is 1.94 bits per heavy atom. The Morgan fingerprint density at radius 3 is 2.56 bits per heavy atom. The molecule has 0 spiro atoms. The second kappa shape index (κ2) is 5.10. The number of hydrogen-bond donors (Lipinski definition) is 0. The second-order valence-corrected chi connectivity index (χ2v) is 5.24. The van der Waals surface area contributed by atoms with Gasteiger partial charge in [0.25, 0.3) is 0 Å². The molecule has 2 heterocycles. The molecule has 1 aromatic rings. The Balaban J connectivity index is 1.41. The average molecular weight is 248 g/mol. The van der Waals surface area contributed by atoms with Crippen LogP contribution in [0.4, 0.5) is 0 Å². The molecular weight excluding hydrogens is 228 g/mol. The van der Waals surface area contributed by atoms with Crippen molar-refractivity contribution in [2.75, 3.05) is 32.7 Å². The molecule has 1 amide bonds. The first kappa shape index (κ1) is 11.7. The van der Waals surface area contributed by atoms with Crippen molar-refractivity contribution >= 4 is 5.91 Å². The Labute approximate surface area is 107 Å². The van der Waals surface area contributed by atoms with Gasteiger partial charge in [-0.3, -0.25) is 9.69 Å². The van der Waals surface area contributed by atoms with E-state index in [0.717, 1.165) is 52.1 Å². The topological polar surface area (TPSA) is 41.4 Å². The summed E-state index contributed by atoms with van der Waals surface area (Å²) in [6.45, 7) is 5.84. The molecule has 1 saturated heterocycles. The number of hydrogen-bond acceptors (Lipinski definition) is 3. The Bertz CT molecular complexity index is 391. The van der Waals surface area contributed by atoms with Crippen LogP contribution in [-0.2, 0) is 11.3 Å². The summed E-state index contributed by atoms with van der Waals surface area (Å²) in [5.74, 6) is 0.756. The Kier molecular flexibility index (Phi) is 3.32. The molecule has 5 heteroatoms. The lowest BCUT2D eigenvalue weighted by atomic mass is 10.2. The highest BCUT2D eigenvalue weighted by atomic mass is 16.2. The first-order chi connectivity index (χ1) is 8.83. The van der Waals surface area contributed by atoms with Crippen molar-refractivity contribution in [2.24, 2.45) is 5.92 Å². The van der Waals surface area contributed by atoms with E-state index in [4.69, 9.17) is 0 Å². The summed E-state index contributed by atoms with van der Waals surface area (Å²) in [7, 11) is 0. The number of piperazine rings is 1. The molecular formula is C13H20N4O. The third kappa shape index (κ3) is 2.72. The van der Waals surface area contributed by atoms with Gasteiger partial charge in [-0.05, 0) is 12.8 Å². The lowest BCUT2D eigenvalue weighted by Gasteiger charge is -2.34. The van der Waals surface area contributed by atoms with Crippen molar-refractivity contribution in [3.8, 4) is 0 Å². The van der Waals surface area contributed by atoms with Gasteiger partial charge in [-0.2, -0.15) is 0 Å². The predicted molar refractivity (Wildman–Crippen MR) is 68.0 cm³/mol. The molecule has 18 heavy (non-hydrogen) atoms. The predicted octanol–water partition coefficient (Wildman–Crippen LogP) is 0.437. The summed E-state index contributed by atoms with van der Waals surface area (Å²) < 4.78 is 2.10. The fourth-order valence-corrected chi connectivity index (χ4v) is 2.46. The highest BCUT2D eigenvalue weighted by Gasteiger charge is 2.34. The number of aromatic nitrogens is 2. The second-order valence-electron chi connectivity index (χ2n) is 5.24. The van der Waals surface area contributed by atoms with Crippen LogP contribution in [0.25, 0.3) is 0 Å². The minimum atomic E-state index is 0.363. The summed E-state index contributed by atoms with van der Waals surface area (Å²) in [4.78, 5) is 20.4. The van der Waals surface area contributed by atoms with Crippen LogP contribution in [0, 0.1) is 5.92 Å². The van der Waals surface area contributed by atoms with Gasteiger partial charge < -0.3 is 9.47 Å². The van der Waals surface area contributed by atoms with E-state index in [1.54, 1.807) is 0 Å². The molecule has 1 aliphatic carbocycles. The average Bonchev–Trinajstić information content (AvgIpc) is 3.13. The highest BCUT2D eigenvalue weighted by molar-refractivity contribution is 5.81. The molecule has 0 aromatic carbocycles. The zero-order valence-electron chi connectivity index (χ0n) is 10.7. The number of carbonyl (C=O) groups excluding carboxylic acids is 1. The third-order valence-corrected chi connectivity index (χ3v) is 3.84. The summed E-state index contributed by atoms with van der Waals surface area (Å²) in [5, 5.41) is 0. The molecule has 1 saturated carbocycles. The molecule has 3 rings (SSSR count). The van der Waals surface area contributed by atoms with E-state index >= 15 is 0 Å². The lowest BCUT2D eigenvalue weighted by Crippen LogP contribution is -2.49. The number of rotatable bonds is 4. The Hall–Kier alpha value is -1.36. The smallest absolute Gasteiger partial charge is 0.225 e. The normalized spacial score (nSPS) is 21.2. The Morgan fingerprint density at radius 1 is 1.17 bits per heavy atom. The van der Waals surface area contributed by atoms with Gasteiger partial charge in [-0.1, -0.05) is 0 Å². The van der Waals surface area contributed by atoms with Crippen LogP contribution >= 0.6 is 0 Å². The SMILES string of the molecule is O=C(C1CC1)N1CCN(CCn2ccnc2)CC1. The molecule has 5 nitrogen and oxygen atoms in total. The molecule has 0 unspecified atom stereocenters. The van der Waals surface area contributed by atoms with E-state index < -0.39 is 0 Å². The maximum atomic E-state index is 11.9.